The molecule has 1 atom stereocenters. The Hall–Kier alpha value is -0.120. The highest BCUT2D eigenvalue weighted by atomic mass is 15.2. The molecule has 3 heteroatoms. The lowest BCUT2D eigenvalue weighted by Crippen LogP contribution is -2.37. The van der Waals surface area contributed by atoms with Crippen LogP contribution in [0, 0.1) is 5.92 Å². The van der Waals surface area contributed by atoms with E-state index in [1.807, 2.05) is 0 Å². The number of hydrogen-bond donors (Lipinski definition) is 1. The number of nitrogens with two attached hydrogens (primary N) is 1. The molecule has 0 aliphatic carbocycles. The van der Waals surface area contributed by atoms with Gasteiger partial charge in [-0.15, -0.1) is 0 Å². The van der Waals surface area contributed by atoms with Crippen molar-refractivity contribution in [2.45, 2.75) is 33.1 Å². The van der Waals surface area contributed by atoms with Crippen LogP contribution in [0.25, 0.3) is 0 Å². The maximum absolute atomic E-state index is 5.66. The minimum absolute atomic E-state index is 0.804. The Morgan fingerprint density at radius 2 is 2.00 bits per heavy atom. The average molecular weight is 227 g/mol. The molecule has 16 heavy (non-hydrogen) atoms. The van der Waals surface area contributed by atoms with E-state index in [2.05, 4.69) is 23.6 Å². The van der Waals surface area contributed by atoms with Gasteiger partial charge >= 0.3 is 0 Å². The van der Waals surface area contributed by atoms with E-state index in [0.717, 1.165) is 19.0 Å². The van der Waals surface area contributed by atoms with Crippen molar-refractivity contribution in [2.75, 3.05) is 45.8 Å². The molecular weight excluding hydrogens is 198 g/mol. The van der Waals surface area contributed by atoms with Crippen LogP contribution in [0.3, 0.4) is 0 Å². The summed E-state index contributed by atoms with van der Waals surface area (Å²) in [6.45, 7) is 12.6. The van der Waals surface area contributed by atoms with Gasteiger partial charge in [-0.25, -0.2) is 0 Å². The molecule has 1 aliphatic heterocycles. The quantitative estimate of drug-likeness (QED) is 0.744. The van der Waals surface area contributed by atoms with E-state index >= 15 is 0 Å². The second kappa shape index (κ2) is 8.04. The maximum Gasteiger partial charge on any atom is 0.0105 e. The van der Waals surface area contributed by atoms with Gasteiger partial charge in [0.05, 0.1) is 0 Å². The molecule has 1 aliphatic rings. The molecule has 0 saturated carbocycles. The monoisotopic (exact) mass is 227 g/mol. The number of likely N-dealkylation sites (tertiary alicyclic amines) is 1. The van der Waals surface area contributed by atoms with Gasteiger partial charge < -0.3 is 15.5 Å². The zero-order valence-electron chi connectivity index (χ0n) is 11.1. The largest absolute Gasteiger partial charge is 0.329 e. The van der Waals surface area contributed by atoms with E-state index in [9.17, 15) is 0 Å². The first-order chi connectivity index (χ1) is 7.80. The van der Waals surface area contributed by atoms with Gasteiger partial charge in [0.2, 0.25) is 0 Å². The van der Waals surface area contributed by atoms with Crippen molar-refractivity contribution in [3.63, 3.8) is 0 Å². The van der Waals surface area contributed by atoms with Crippen LogP contribution in [-0.4, -0.2) is 55.6 Å². The van der Waals surface area contributed by atoms with Crippen molar-refractivity contribution < 1.29 is 0 Å². The predicted octanol–water partition coefficient (Wildman–Crippen LogP) is 1.39. The SMILES string of the molecule is CCN(CC)CC1CCCCN(CCN)C1. The Morgan fingerprint density at radius 3 is 2.62 bits per heavy atom. The molecule has 1 rings (SSSR count). The molecule has 1 fully saturated rings. The molecular formula is C13H29N3. The Kier molecular flexibility index (Phi) is 7.01. The molecule has 1 unspecified atom stereocenters. The van der Waals surface area contributed by atoms with Crippen LogP contribution in [0.1, 0.15) is 33.1 Å². The van der Waals surface area contributed by atoms with Gasteiger partial charge in [0.15, 0.2) is 0 Å². The van der Waals surface area contributed by atoms with Crippen molar-refractivity contribution in [3.8, 4) is 0 Å². The molecule has 96 valence electrons. The van der Waals surface area contributed by atoms with Crippen molar-refractivity contribution >= 4 is 0 Å². The minimum Gasteiger partial charge on any atom is -0.329 e. The van der Waals surface area contributed by atoms with E-state index in [1.165, 1.54) is 52.0 Å². The smallest absolute Gasteiger partial charge is 0.0105 e. The number of hydrogen-bond acceptors (Lipinski definition) is 3. The minimum atomic E-state index is 0.804. The summed E-state index contributed by atoms with van der Waals surface area (Å²) in [6, 6.07) is 0. The second-order valence-corrected chi connectivity index (χ2v) is 4.94. The molecule has 2 N–H and O–H groups in total. The summed E-state index contributed by atoms with van der Waals surface area (Å²) < 4.78 is 0. The van der Waals surface area contributed by atoms with E-state index in [-0.39, 0.29) is 0 Å². The van der Waals surface area contributed by atoms with Crippen molar-refractivity contribution in [3.05, 3.63) is 0 Å². The standard InChI is InChI=1S/C13H29N3/c1-3-15(4-2)11-13-7-5-6-9-16(12-13)10-8-14/h13H,3-12,14H2,1-2H3. The Labute approximate surface area is 101 Å². The molecule has 0 spiro atoms. The summed E-state index contributed by atoms with van der Waals surface area (Å²) in [5.41, 5.74) is 5.66. The molecule has 1 heterocycles. The number of nitrogens with zero attached hydrogens (tertiary/aromatic N) is 2. The van der Waals surface area contributed by atoms with Crippen molar-refractivity contribution in [1.29, 1.82) is 0 Å². The van der Waals surface area contributed by atoms with Gasteiger partial charge in [0, 0.05) is 26.2 Å². The molecule has 0 amide bonds. The third-order valence-electron chi connectivity index (χ3n) is 3.71. The molecule has 0 bridgehead atoms. The Morgan fingerprint density at radius 1 is 1.25 bits per heavy atom. The first-order valence-electron chi connectivity index (χ1n) is 6.94. The van der Waals surface area contributed by atoms with E-state index in [1.54, 1.807) is 0 Å². The summed E-state index contributed by atoms with van der Waals surface area (Å²) in [6.07, 6.45) is 4.15. The topological polar surface area (TPSA) is 32.5 Å². The van der Waals surface area contributed by atoms with Crippen LogP contribution in [0.2, 0.25) is 0 Å². The fourth-order valence-corrected chi connectivity index (χ4v) is 2.70. The summed E-state index contributed by atoms with van der Waals surface area (Å²) in [4.78, 5) is 5.11. The first kappa shape index (κ1) is 13.9. The van der Waals surface area contributed by atoms with Gasteiger partial charge in [-0.05, 0) is 38.4 Å². The molecule has 0 aromatic heterocycles. The molecule has 0 aromatic rings. The van der Waals surface area contributed by atoms with Crippen LogP contribution < -0.4 is 5.73 Å². The van der Waals surface area contributed by atoms with Crippen LogP contribution in [0.5, 0.6) is 0 Å². The summed E-state index contributed by atoms with van der Waals surface area (Å²) >= 11 is 0. The van der Waals surface area contributed by atoms with Crippen LogP contribution in [0.15, 0.2) is 0 Å². The highest BCUT2D eigenvalue weighted by Gasteiger charge is 2.19. The maximum atomic E-state index is 5.66. The summed E-state index contributed by atoms with van der Waals surface area (Å²) in [7, 11) is 0. The second-order valence-electron chi connectivity index (χ2n) is 4.94. The molecule has 0 aromatic carbocycles. The van der Waals surface area contributed by atoms with Gasteiger partial charge in [0.25, 0.3) is 0 Å². The van der Waals surface area contributed by atoms with E-state index in [4.69, 9.17) is 5.73 Å². The van der Waals surface area contributed by atoms with Gasteiger partial charge in [0.1, 0.15) is 0 Å². The Balaban J connectivity index is 2.38. The zero-order valence-corrected chi connectivity index (χ0v) is 11.1. The zero-order chi connectivity index (χ0) is 11.8. The van der Waals surface area contributed by atoms with Crippen LogP contribution in [-0.2, 0) is 0 Å². The van der Waals surface area contributed by atoms with E-state index in [0.29, 0.717) is 0 Å². The molecule has 3 nitrogen and oxygen atoms in total. The lowest BCUT2D eigenvalue weighted by atomic mass is 10.0. The predicted molar refractivity (Wildman–Crippen MR) is 70.6 cm³/mol. The van der Waals surface area contributed by atoms with Crippen LogP contribution >= 0.6 is 0 Å². The average Bonchev–Trinajstić information content (AvgIpc) is 2.52. The lowest BCUT2D eigenvalue weighted by Gasteiger charge is -2.28. The highest BCUT2D eigenvalue weighted by Crippen LogP contribution is 2.17. The number of rotatable bonds is 6. The lowest BCUT2D eigenvalue weighted by molar-refractivity contribution is 0.196. The normalized spacial score (nSPS) is 23.6. The fourth-order valence-electron chi connectivity index (χ4n) is 2.70. The van der Waals surface area contributed by atoms with Crippen molar-refractivity contribution in [2.24, 2.45) is 11.7 Å². The van der Waals surface area contributed by atoms with Gasteiger partial charge in [-0.1, -0.05) is 20.3 Å². The fraction of sp³-hybridized carbons (Fsp3) is 1.00. The summed E-state index contributed by atoms with van der Waals surface area (Å²) in [5, 5.41) is 0. The van der Waals surface area contributed by atoms with Gasteiger partial charge in [-0.2, -0.15) is 0 Å². The van der Waals surface area contributed by atoms with Gasteiger partial charge in [-0.3, -0.25) is 0 Å². The third-order valence-corrected chi connectivity index (χ3v) is 3.71. The third kappa shape index (κ3) is 4.81. The molecule has 1 saturated heterocycles. The summed E-state index contributed by atoms with van der Waals surface area (Å²) in [5.74, 6) is 0.856. The highest BCUT2D eigenvalue weighted by molar-refractivity contribution is 4.74. The first-order valence-corrected chi connectivity index (χ1v) is 6.94. The molecule has 0 radical (unpaired) electrons. The Bertz CT molecular complexity index is 169. The van der Waals surface area contributed by atoms with E-state index < -0.39 is 0 Å². The van der Waals surface area contributed by atoms with Crippen LogP contribution in [0.4, 0.5) is 0 Å². The van der Waals surface area contributed by atoms with Crippen molar-refractivity contribution in [1.82, 2.24) is 9.80 Å².